The van der Waals surface area contributed by atoms with Gasteiger partial charge in [0.15, 0.2) is 0 Å². The van der Waals surface area contributed by atoms with E-state index in [1.54, 1.807) is 13.8 Å². The van der Waals surface area contributed by atoms with E-state index in [1.165, 1.54) is 133 Å². The van der Waals surface area contributed by atoms with Gasteiger partial charge in [-0.05, 0) is 133 Å². The van der Waals surface area contributed by atoms with Crippen LogP contribution in [0.25, 0.3) is 0 Å². The number of rotatable bonds is 14. The van der Waals surface area contributed by atoms with E-state index in [1.807, 2.05) is 0 Å². The molecule has 0 saturated heterocycles. The maximum Gasteiger partial charge on any atom is 0.343 e. The number of ether oxygens (including phenoxy) is 4. The molecule has 0 saturated carbocycles. The van der Waals surface area contributed by atoms with Gasteiger partial charge in [0, 0.05) is 16.5 Å². The van der Waals surface area contributed by atoms with Crippen LogP contribution in [0.3, 0.4) is 0 Å². The summed E-state index contributed by atoms with van der Waals surface area (Å²) in [5.41, 5.74) is -1.59. The zero-order valence-corrected chi connectivity index (χ0v) is 32.9. The Hall–Kier alpha value is -8.92. The Morgan fingerprint density at radius 1 is 0.333 bits per heavy atom. The quantitative estimate of drug-likeness (QED) is 0.0605. The van der Waals surface area contributed by atoms with Crippen LogP contribution in [-0.4, -0.2) is 68.2 Å². The molecule has 16 heteroatoms. The molecule has 0 bridgehead atoms. The van der Waals surface area contributed by atoms with E-state index < -0.39 is 53.2 Å². The van der Waals surface area contributed by atoms with Crippen molar-refractivity contribution in [1.29, 1.82) is 0 Å². The van der Waals surface area contributed by atoms with E-state index in [0.717, 1.165) is 0 Å². The molecule has 6 aromatic carbocycles. The van der Waals surface area contributed by atoms with Crippen LogP contribution in [0.4, 0.5) is 0 Å². The second-order valence-corrected chi connectivity index (χ2v) is 14.0. The van der Waals surface area contributed by atoms with Crippen LogP contribution in [0.5, 0.6) is 23.0 Å². The number of benzene rings is 6. The largest absolute Gasteiger partial charge is 0.478 e. The molecule has 0 aromatic heterocycles. The highest BCUT2D eigenvalue weighted by Gasteiger charge is 2.33. The fourth-order valence-electron chi connectivity index (χ4n) is 6.09. The molecule has 0 spiro atoms. The molecule has 0 amide bonds. The first kappa shape index (κ1) is 43.7. The molecule has 0 fully saturated rings. The maximum atomic E-state index is 13.5. The minimum absolute atomic E-state index is 0.00109. The molecular formula is C47H32O16. The summed E-state index contributed by atoms with van der Waals surface area (Å²) in [6, 6.07) is 27.7. The Kier molecular flexibility index (Phi) is 12.6. The third kappa shape index (κ3) is 10.1. The third-order valence-corrected chi connectivity index (χ3v) is 9.55. The van der Waals surface area contributed by atoms with Crippen LogP contribution >= 0.6 is 0 Å². The van der Waals surface area contributed by atoms with E-state index >= 15 is 0 Å². The van der Waals surface area contributed by atoms with E-state index in [4.69, 9.17) is 18.9 Å². The molecule has 0 unspecified atom stereocenters. The minimum atomic E-state index is -1.46. The van der Waals surface area contributed by atoms with E-state index in [-0.39, 0.29) is 78.6 Å². The van der Waals surface area contributed by atoms with Gasteiger partial charge in [0.05, 0.1) is 44.5 Å². The number of hydrogen-bond donors (Lipinski definition) is 4. The van der Waals surface area contributed by atoms with Crippen LogP contribution in [0.15, 0.2) is 133 Å². The van der Waals surface area contributed by atoms with Crippen molar-refractivity contribution >= 4 is 47.8 Å². The zero-order valence-electron chi connectivity index (χ0n) is 32.9. The lowest BCUT2D eigenvalue weighted by Crippen LogP contribution is -2.24. The summed E-state index contributed by atoms with van der Waals surface area (Å²) in [5.74, 6) is -8.85. The maximum absolute atomic E-state index is 13.5. The summed E-state index contributed by atoms with van der Waals surface area (Å²) >= 11 is 0. The van der Waals surface area contributed by atoms with Crippen molar-refractivity contribution in [1.82, 2.24) is 0 Å². The zero-order chi connectivity index (χ0) is 45.6. The number of carboxylic acid groups (broad SMARTS) is 4. The Morgan fingerprint density at radius 3 is 0.794 bits per heavy atom. The van der Waals surface area contributed by atoms with Crippen molar-refractivity contribution in [2.24, 2.45) is 0 Å². The Balaban J connectivity index is 1.44. The van der Waals surface area contributed by atoms with Crippen LogP contribution < -0.4 is 18.9 Å². The SMILES string of the molecule is CC(C)(c1cc(OC(=O)c2ccc(C(=O)O)cc2)ccc1OC(=O)c1ccc(C(=O)O)cc1)c1cc(OC(=O)c2ccc(C(=O)O)cc2)ccc1OC(=O)c1ccc(C(=O)O)cc1. The van der Waals surface area contributed by atoms with E-state index in [9.17, 15) is 58.8 Å². The topological polar surface area (TPSA) is 254 Å². The minimum Gasteiger partial charge on any atom is -0.478 e. The normalized spacial score (nSPS) is 10.8. The Labute approximate surface area is 356 Å². The summed E-state index contributed by atoms with van der Waals surface area (Å²) in [6.45, 7) is 3.23. The van der Waals surface area contributed by atoms with Crippen molar-refractivity contribution in [3.8, 4) is 23.0 Å². The lowest BCUT2D eigenvalue weighted by atomic mass is 9.77. The lowest BCUT2D eigenvalue weighted by molar-refractivity contribution is 0.0685. The second kappa shape index (κ2) is 18.1. The van der Waals surface area contributed by atoms with Gasteiger partial charge in [0.25, 0.3) is 0 Å². The number of carboxylic acids is 4. The molecule has 16 nitrogen and oxygen atoms in total. The molecule has 4 N–H and O–H groups in total. The highest BCUT2D eigenvalue weighted by molar-refractivity contribution is 5.97. The summed E-state index contributed by atoms with van der Waals surface area (Å²) in [7, 11) is 0. The van der Waals surface area contributed by atoms with Crippen molar-refractivity contribution < 1.29 is 77.7 Å². The Bertz CT molecular complexity index is 2610. The molecule has 316 valence electrons. The highest BCUT2D eigenvalue weighted by Crippen LogP contribution is 2.45. The van der Waals surface area contributed by atoms with Crippen molar-refractivity contribution in [2.75, 3.05) is 0 Å². The highest BCUT2D eigenvalue weighted by atomic mass is 16.6. The molecule has 0 heterocycles. The van der Waals surface area contributed by atoms with Crippen LogP contribution in [0.1, 0.15) is 108 Å². The smallest absolute Gasteiger partial charge is 0.343 e. The van der Waals surface area contributed by atoms with E-state index in [0.29, 0.717) is 0 Å². The van der Waals surface area contributed by atoms with Crippen LogP contribution in [-0.2, 0) is 5.41 Å². The monoisotopic (exact) mass is 852 g/mol. The lowest BCUT2D eigenvalue weighted by Gasteiger charge is -2.30. The molecule has 0 aliphatic heterocycles. The molecule has 0 aliphatic rings. The first-order valence-electron chi connectivity index (χ1n) is 18.4. The van der Waals surface area contributed by atoms with Crippen molar-refractivity contribution in [3.63, 3.8) is 0 Å². The standard InChI is InChI=1S/C47H32O16/c1-47(2,35-23-33(60-43(56)29-11-3-25(4-12-29)39(48)49)19-21-37(35)62-45(58)31-15-7-27(8-16-31)41(52)53)36-24-34(61-44(57)30-13-5-26(6-14-30)40(50)51)20-22-38(36)63-46(59)32-17-9-28(10-18-32)42(54)55/h3-24H,1-2H3,(H,48,49)(H,50,51)(H,52,53)(H,54,55). The molecule has 6 rings (SSSR count). The number of carbonyl (C=O) groups excluding carboxylic acids is 4. The van der Waals surface area contributed by atoms with E-state index in [2.05, 4.69) is 0 Å². The molecule has 63 heavy (non-hydrogen) atoms. The number of hydrogen-bond acceptors (Lipinski definition) is 12. The predicted molar refractivity (Wildman–Crippen MR) is 218 cm³/mol. The summed E-state index contributed by atoms with van der Waals surface area (Å²) in [6.07, 6.45) is 0. The predicted octanol–water partition coefficient (Wildman–Crippen LogP) is 7.68. The second-order valence-electron chi connectivity index (χ2n) is 14.0. The Morgan fingerprint density at radius 2 is 0.556 bits per heavy atom. The fourth-order valence-corrected chi connectivity index (χ4v) is 6.09. The van der Waals surface area contributed by atoms with Gasteiger partial charge in [-0.3, -0.25) is 0 Å². The summed E-state index contributed by atoms with van der Waals surface area (Å²) in [4.78, 5) is 99.2. The van der Waals surface area contributed by atoms with Crippen LogP contribution in [0.2, 0.25) is 0 Å². The van der Waals surface area contributed by atoms with Gasteiger partial charge < -0.3 is 39.4 Å². The van der Waals surface area contributed by atoms with Gasteiger partial charge in [-0.15, -0.1) is 0 Å². The van der Waals surface area contributed by atoms with Crippen molar-refractivity contribution in [2.45, 2.75) is 19.3 Å². The average Bonchev–Trinajstić information content (AvgIpc) is 3.27. The average molecular weight is 853 g/mol. The summed E-state index contributed by atoms with van der Waals surface area (Å²) in [5, 5.41) is 37.2. The molecule has 0 aliphatic carbocycles. The van der Waals surface area contributed by atoms with Gasteiger partial charge in [-0.25, -0.2) is 38.4 Å². The number of carbonyl (C=O) groups is 8. The fraction of sp³-hybridized carbons (Fsp3) is 0.0638. The van der Waals surface area contributed by atoms with Gasteiger partial charge in [-0.2, -0.15) is 0 Å². The van der Waals surface area contributed by atoms with Crippen LogP contribution in [0, 0.1) is 0 Å². The van der Waals surface area contributed by atoms with Gasteiger partial charge >= 0.3 is 47.8 Å². The first-order chi connectivity index (χ1) is 29.9. The third-order valence-electron chi connectivity index (χ3n) is 9.55. The number of aromatic carboxylic acids is 4. The summed E-state index contributed by atoms with van der Waals surface area (Å²) < 4.78 is 23.0. The first-order valence-corrected chi connectivity index (χ1v) is 18.4. The number of esters is 4. The molecular weight excluding hydrogens is 821 g/mol. The molecule has 6 aromatic rings. The van der Waals surface area contributed by atoms with Crippen molar-refractivity contribution in [3.05, 3.63) is 189 Å². The molecule has 0 radical (unpaired) electrons. The molecule has 0 atom stereocenters. The van der Waals surface area contributed by atoms with Gasteiger partial charge in [0.1, 0.15) is 23.0 Å². The van der Waals surface area contributed by atoms with Gasteiger partial charge in [0.2, 0.25) is 0 Å². The van der Waals surface area contributed by atoms with Gasteiger partial charge in [-0.1, -0.05) is 13.8 Å².